The van der Waals surface area contributed by atoms with E-state index in [1.54, 1.807) is 4.90 Å². The molecule has 1 aliphatic rings. The Morgan fingerprint density at radius 3 is 2.27 bits per heavy atom. The Hall–Kier alpha value is -2.57. The van der Waals surface area contributed by atoms with Crippen molar-refractivity contribution in [3.8, 4) is 0 Å². The first kappa shape index (κ1) is 27.5. The van der Waals surface area contributed by atoms with Crippen LogP contribution >= 0.6 is 27.7 Å². The van der Waals surface area contributed by atoms with Crippen LogP contribution in [0.4, 0.5) is 0 Å². The van der Waals surface area contributed by atoms with Gasteiger partial charge < -0.3 is 10.2 Å². The van der Waals surface area contributed by atoms with Gasteiger partial charge in [-0.2, -0.15) is 0 Å². The van der Waals surface area contributed by atoms with E-state index >= 15 is 0 Å². The zero-order chi connectivity index (χ0) is 26.0. The zero-order valence-corrected chi connectivity index (χ0v) is 23.8. The SMILES string of the molecule is Cc1ccc(SCC(=O)N(Cc2ccc(Br)cc2)[C@@H](Cc2ccccc2)C(=O)NC2CCCCC2)cc1. The molecule has 37 heavy (non-hydrogen) atoms. The highest BCUT2D eigenvalue weighted by Gasteiger charge is 2.31. The lowest BCUT2D eigenvalue weighted by atomic mass is 9.94. The van der Waals surface area contributed by atoms with Crippen LogP contribution in [0.1, 0.15) is 48.8 Å². The van der Waals surface area contributed by atoms with Crippen LogP contribution in [0.25, 0.3) is 0 Å². The lowest BCUT2D eigenvalue weighted by molar-refractivity contribution is -0.139. The van der Waals surface area contributed by atoms with E-state index in [2.05, 4.69) is 40.3 Å². The molecule has 0 aliphatic heterocycles. The normalized spacial score (nSPS) is 14.6. The summed E-state index contributed by atoms with van der Waals surface area (Å²) < 4.78 is 0.986. The molecule has 3 aromatic rings. The van der Waals surface area contributed by atoms with Gasteiger partial charge in [0.25, 0.3) is 0 Å². The topological polar surface area (TPSA) is 49.4 Å². The van der Waals surface area contributed by atoms with E-state index in [4.69, 9.17) is 0 Å². The van der Waals surface area contributed by atoms with Crippen molar-refractivity contribution in [2.45, 2.75) is 69.0 Å². The lowest BCUT2D eigenvalue weighted by Gasteiger charge is -2.33. The van der Waals surface area contributed by atoms with Crippen LogP contribution in [0.5, 0.6) is 0 Å². The summed E-state index contributed by atoms with van der Waals surface area (Å²) in [5.74, 6) is 0.191. The number of nitrogens with one attached hydrogen (secondary N) is 1. The van der Waals surface area contributed by atoms with E-state index in [1.165, 1.54) is 23.7 Å². The summed E-state index contributed by atoms with van der Waals surface area (Å²) in [5.41, 5.74) is 3.24. The number of nitrogens with zero attached hydrogens (tertiary/aromatic N) is 1. The number of hydrogen-bond donors (Lipinski definition) is 1. The molecule has 0 spiro atoms. The van der Waals surface area contributed by atoms with Crippen molar-refractivity contribution in [3.05, 3.63) is 100 Å². The van der Waals surface area contributed by atoms with Crippen molar-refractivity contribution in [1.29, 1.82) is 0 Å². The number of carbonyl (C=O) groups is 2. The highest BCUT2D eigenvalue weighted by atomic mass is 79.9. The second-order valence-corrected chi connectivity index (χ2v) is 11.8. The monoisotopic (exact) mass is 578 g/mol. The lowest BCUT2D eigenvalue weighted by Crippen LogP contribution is -2.53. The van der Waals surface area contributed by atoms with E-state index in [9.17, 15) is 9.59 Å². The molecular formula is C31H35BrN2O2S. The minimum atomic E-state index is -0.584. The fraction of sp³-hybridized carbons (Fsp3) is 0.355. The molecular weight excluding hydrogens is 544 g/mol. The van der Waals surface area contributed by atoms with E-state index in [0.29, 0.717) is 13.0 Å². The maximum Gasteiger partial charge on any atom is 0.243 e. The quantitative estimate of drug-likeness (QED) is 0.265. The number of benzene rings is 3. The largest absolute Gasteiger partial charge is 0.352 e. The molecule has 0 saturated heterocycles. The van der Waals surface area contributed by atoms with Gasteiger partial charge in [-0.05, 0) is 55.2 Å². The van der Waals surface area contributed by atoms with Crippen LogP contribution in [0.3, 0.4) is 0 Å². The summed E-state index contributed by atoms with van der Waals surface area (Å²) in [4.78, 5) is 30.4. The number of rotatable bonds is 10. The molecule has 1 saturated carbocycles. The molecule has 194 valence electrons. The average molecular weight is 580 g/mol. The summed E-state index contributed by atoms with van der Waals surface area (Å²) in [6.07, 6.45) is 6.01. The molecule has 0 bridgehead atoms. The van der Waals surface area contributed by atoms with Crippen molar-refractivity contribution >= 4 is 39.5 Å². The molecule has 0 radical (unpaired) electrons. The fourth-order valence-electron chi connectivity index (χ4n) is 4.75. The van der Waals surface area contributed by atoms with Crippen LogP contribution < -0.4 is 5.32 Å². The standard InChI is InChI=1S/C31H35BrN2O2S/c1-23-12-18-28(19-13-23)37-22-30(35)34(21-25-14-16-26(32)17-15-25)29(20-24-8-4-2-5-9-24)31(36)33-27-10-6-3-7-11-27/h2,4-5,8-9,12-19,27,29H,3,6-7,10-11,20-22H2,1H3,(H,33,36)/t29-/m0/s1. The molecule has 4 rings (SSSR count). The van der Waals surface area contributed by atoms with E-state index in [0.717, 1.165) is 46.2 Å². The molecule has 1 aliphatic carbocycles. The molecule has 0 unspecified atom stereocenters. The second-order valence-electron chi connectivity index (χ2n) is 9.80. The Labute approximate surface area is 233 Å². The molecule has 3 aromatic carbocycles. The van der Waals surface area contributed by atoms with Gasteiger partial charge in [0.2, 0.25) is 11.8 Å². The number of halogens is 1. The van der Waals surface area contributed by atoms with Crippen LogP contribution in [-0.4, -0.2) is 34.6 Å². The third kappa shape index (κ3) is 8.47. The van der Waals surface area contributed by atoms with Crippen LogP contribution in [0.15, 0.2) is 88.2 Å². The van der Waals surface area contributed by atoms with Gasteiger partial charge in [0.05, 0.1) is 5.75 Å². The summed E-state index contributed by atoms with van der Waals surface area (Å²) in [7, 11) is 0. The minimum absolute atomic E-state index is 0.0341. The predicted molar refractivity (Wildman–Crippen MR) is 156 cm³/mol. The first-order chi connectivity index (χ1) is 18.0. The Morgan fingerprint density at radius 1 is 0.919 bits per heavy atom. The first-order valence-corrected chi connectivity index (χ1v) is 14.8. The number of carbonyl (C=O) groups excluding carboxylic acids is 2. The third-order valence-electron chi connectivity index (χ3n) is 6.87. The van der Waals surface area contributed by atoms with E-state index < -0.39 is 6.04 Å². The van der Waals surface area contributed by atoms with Crippen LogP contribution in [0, 0.1) is 6.92 Å². The number of amides is 2. The summed E-state index contributed by atoms with van der Waals surface area (Å²) in [6.45, 7) is 2.44. The Bertz CT molecular complexity index is 1150. The molecule has 4 nitrogen and oxygen atoms in total. The second kappa shape index (κ2) is 13.8. The van der Waals surface area contributed by atoms with E-state index in [-0.39, 0.29) is 23.6 Å². The molecule has 0 heterocycles. The van der Waals surface area contributed by atoms with Gasteiger partial charge in [-0.3, -0.25) is 9.59 Å². The zero-order valence-electron chi connectivity index (χ0n) is 21.4. The van der Waals surface area contributed by atoms with Gasteiger partial charge in [0, 0.05) is 28.4 Å². The van der Waals surface area contributed by atoms with Crippen molar-refractivity contribution in [1.82, 2.24) is 10.2 Å². The fourth-order valence-corrected chi connectivity index (χ4v) is 5.80. The highest BCUT2D eigenvalue weighted by Crippen LogP contribution is 2.23. The smallest absolute Gasteiger partial charge is 0.243 e. The summed E-state index contributed by atoms with van der Waals surface area (Å²) >= 11 is 5.02. The van der Waals surface area contributed by atoms with Crippen LogP contribution in [-0.2, 0) is 22.6 Å². The van der Waals surface area contributed by atoms with Gasteiger partial charge in [0.15, 0.2) is 0 Å². The maximum absolute atomic E-state index is 13.8. The third-order valence-corrected chi connectivity index (χ3v) is 8.40. The summed E-state index contributed by atoms with van der Waals surface area (Å²) in [5, 5.41) is 3.30. The van der Waals surface area contributed by atoms with Gasteiger partial charge in [0.1, 0.15) is 6.04 Å². The van der Waals surface area contributed by atoms with E-state index in [1.807, 2.05) is 66.7 Å². The molecule has 1 fully saturated rings. The highest BCUT2D eigenvalue weighted by molar-refractivity contribution is 9.10. The molecule has 2 amide bonds. The van der Waals surface area contributed by atoms with Gasteiger partial charge >= 0.3 is 0 Å². The number of hydrogen-bond acceptors (Lipinski definition) is 3. The number of thioether (sulfide) groups is 1. The van der Waals surface area contributed by atoms with Gasteiger partial charge in [-0.15, -0.1) is 11.8 Å². The predicted octanol–water partition coefficient (Wildman–Crippen LogP) is 6.94. The van der Waals surface area contributed by atoms with Crippen molar-refractivity contribution in [2.24, 2.45) is 0 Å². The van der Waals surface area contributed by atoms with Crippen molar-refractivity contribution in [3.63, 3.8) is 0 Å². The Balaban J connectivity index is 1.59. The molecule has 1 N–H and O–H groups in total. The minimum Gasteiger partial charge on any atom is -0.352 e. The molecule has 6 heteroatoms. The first-order valence-electron chi connectivity index (χ1n) is 13.1. The number of aryl methyl sites for hydroxylation is 1. The van der Waals surface area contributed by atoms with Crippen molar-refractivity contribution in [2.75, 3.05) is 5.75 Å². The molecule has 1 atom stereocenters. The van der Waals surface area contributed by atoms with Gasteiger partial charge in [-0.1, -0.05) is 95.4 Å². The molecule has 0 aromatic heterocycles. The Morgan fingerprint density at radius 2 is 1.59 bits per heavy atom. The van der Waals surface area contributed by atoms with Gasteiger partial charge in [-0.25, -0.2) is 0 Å². The van der Waals surface area contributed by atoms with Crippen molar-refractivity contribution < 1.29 is 9.59 Å². The summed E-state index contributed by atoms with van der Waals surface area (Å²) in [6, 6.07) is 25.8. The maximum atomic E-state index is 13.8. The van der Waals surface area contributed by atoms with Crippen LogP contribution in [0.2, 0.25) is 0 Å². The average Bonchev–Trinajstić information content (AvgIpc) is 2.92. The Kier molecular flexibility index (Phi) is 10.3.